The Morgan fingerprint density at radius 1 is 1.36 bits per heavy atom. The molecule has 3 aliphatic rings. The van der Waals surface area contributed by atoms with Crippen LogP contribution >= 0.6 is 0 Å². The van der Waals surface area contributed by atoms with Gasteiger partial charge in [-0.3, -0.25) is 9.80 Å². The highest BCUT2D eigenvalue weighted by molar-refractivity contribution is 5.09. The zero-order chi connectivity index (χ0) is 9.60. The van der Waals surface area contributed by atoms with E-state index in [1.165, 1.54) is 39.0 Å². The zero-order valence-corrected chi connectivity index (χ0v) is 9.04. The molecule has 3 rings (SSSR count). The van der Waals surface area contributed by atoms with Crippen molar-refractivity contribution < 1.29 is 4.74 Å². The van der Waals surface area contributed by atoms with Crippen molar-refractivity contribution >= 4 is 0 Å². The Labute approximate surface area is 86.0 Å². The second-order valence-corrected chi connectivity index (χ2v) is 5.02. The van der Waals surface area contributed by atoms with E-state index in [1.807, 2.05) is 0 Å². The van der Waals surface area contributed by atoms with Gasteiger partial charge in [-0.05, 0) is 25.9 Å². The van der Waals surface area contributed by atoms with E-state index < -0.39 is 0 Å². The van der Waals surface area contributed by atoms with Gasteiger partial charge in [0, 0.05) is 18.6 Å². The van der Waals surface area contributed by atoms with Crippen LogP contribution in [0.5, 0.6) is 0 Å². The van der Waals surface area contributed by atoms with E-state index in [0.29, 0.717) is 5.54 Å². The van der Waals surface area contributed by atoms with E-state index in [2.05, 4.69) is 16.7 Å². The van der Waals surface area contributed by atoms with Crippen molar-refractivity contribution in [1.29, 1.82) is 0 Å². The number of likely N-dealkylation sites (tertiary alicyclic amines) is 2. The summed E-state index contributed by atoms with van der Waals surface area (Å²) in [6.45, 7) is 9.36. The first-order valence-corrected chi connectivity index (χ1v) is 5.91. The fourth-order valence-corrected chi connectivity index (χ4v) is 3.28. The van der Waals surface area contributed by atoms with Crippen LogP contribution in [0.25, 0.3) is 0 Å². The van der Waals surface area contributed by atoms with Crippen LogP contribution in [0.3, 0.4) is 0 Å². The van der Waals surface area contributed by atoms with Crippen LogP contribution < -0.4 is 0 Å². The minimum atomic E-state index is 0.560. The number of ether oxygens (including phenoxy) is 1. The van der Waals surface area contributed by atoms with Gasteiger partial charge in [0.1, 0.15) is 0 Å². The largest absolute Gasteiger partial charge is 0.378 e. The van der Waals surface area contributed by atoms with Gasteiger partial charge in [-0.15, -0.1) is 0 Å². The summed E-state index contributed by atoms with van der Waals surface area (Å²) in [6.07, 6.45) is 2.81. The molecule has 3 nitrogen and oxygen atoms in total. The first kappa shape index (κ1) is 9.13. The number of hydrogen-bond acceptors (Lipinski definition) is 3. The lowest BCUT2D eigenvalue weighted by Gasteiger charge is -2.56. The molecule has 3 saturated heterocycles. The van der Waals surface area contributed by atoms with Gasteiger partial charge >= 0.3 is 0 Å². The lowest BCUT2D eigenvalue weighted by molar-refractivity contribution is -0.127. The van der Waals surface area contributed by atoms with Crippen molar-refractivity contribution in [3.05, 3.63) is 0 Å². The third kappa shape index (κ3) is 1.16. The Hall–Kier alpha value is -0.120. The molecule has 0 aromatic carbocycles. The minimum Gasteiger partial charge on any atom is -0.378 e. The molecule has 0 bridgehead atoms. The maximum Gasteiger partial charge on any atom is 0.0645 e. The summed E-state index contributed by atoms with van der Waals surface area (Å²) in [5, 5.41) is 0. The van der Waals surface area contributed by atoms with Crippen LogP contribution in [-0.4, -0.2) is 60.8 Å². The monoisotopic (exact) mass is 196 g/mol. The molecule has 14 heavy (non-hydrogen) atoms. The summed E-state index contributed by atoms with van der Waals surface area (Å²) in [6, 6.07) is 0.747. The highest BCUT2D eigenvalue weighted by Crippen LogP contribution is 2.39. The van der Waals surface area contributed by atoms with Crippen molar-refractivity contribution in [2.45, 2.75) is 31.3 Å². The van der Waals surface area contributed by atoms with Gasteiger partial charge in [0.15, 0.2) is 0 Å². The summed E-state index contributed by atoms with van der Waals surface area (Å²) in [5.74, 6) is 0. The second-order valence-electron chi connectivity index (χ2n) is 5.02. The number of nitrogens with zero attached hydrogens (tertiary/aromatic N) is 2. The van der Waals surface area contributed by atoms with Crippen molar-refractivity contribution in [3.63, 3.8) is 0 Å². The van der Waals surface area contributed by atoms with Gasteiger partial charge in [-0.25, -0.2) is 0 Å². The van der Waals surface area contributed by atoms with Crippen LogP contribution in [-0.2, 0) is 4.74 Å². The lowest BCUT2D eigenvalue weighted by Crippen LogP contribution is -2.71. The van der Waals surface area contributed by atoms with E-state index in [0.717, 1.165) is 19.3 Å². The molecular formula is C11H20N2O. The Kier molecular flexibility index (Phi) is 2.08. The molecule has 1 spiro atoms. The molecule has 0 atom stereocenters. The van der Waals surface area contributed by atoms with Gasteiger partial charge in [-0.2, -0.15) is 0 Å². The van der Waals surface area contributed by atoms with Gasteiger partial charge < -0.3 is 4.74 Å². The zero-order valence-electron chi connectivity index (χ0n) is 9.04. The molecule has 3 aliphatic heterocycles. The maximum atomic E-state index is 5.31. The first-order chi connectivity index (χ1) is 6.84. The number of likely N-dealkylation sites (N-methyl/N-ethyl adjacent to an activating group) is 1. The summed E-state index contributed by atoms with van der Waals surface area (Å²) in [4.78, 5) is 5.29. The maximum absolute atomic E-state index is 5.31. The molecule has 0 saturated carbocycles. The molecule has 3 fully saturated rings. The summed E-state index contributed by atoms with van der Waals surface area (Å²) < 4.78 is 5.31. The number of rotatable bonds is 2. The fourth-order valence-electron chi connectivity index (χ4n) is 3.28. The molecule has 80 valence electrons. The van der Waals surface area contributed by atoms with E-state index in [4.69, 9.17) is 4.74 Å². The van der Waals surface area contributed by atoms with Gasteiger partial charge in [0.2, 0.25) is 0 Å². The quantitative estimate of drug-likeness (QED) is 0.641. The topological polar surface area (TPSA) is 15.7 Å². The van der Waals surface area contributed by atoms with Gasteiger partial charge in [0.05, 0.1) is 19.3 Å². The SMILES string of the molecule is CCN1CC2(CCCN2C2COC2)C1. The molecule has 0 aromatic heterocycles. The molecule has 0 aliphatic carbocycles. The molecule has 0 radical (unpaired) electrons. The predicted octanol–water partition coefficient (Wildman–Crippen LogP) is 0.555. The van der Waals surface area contributed by atoms with E-state index >= 15 is 0 Å². The van der Waals surface area contributed by atoms with Crippen LogP contribution in [0.4, 0.5) is 0 Å². The normalized spacial score (nSPS) is 33.2. The highest BCUT2D eigenvalue weighted by Gasteiger charge is 2.52. The van der Waals surface area contributed by atoms with Crippen LogP contribution in [0.2, 0.25) is 0 Å². The van der Waals surface area contributed by atoms with E-state index in [-0.39, 0.29) is 0 Å². The van der Waals surface area contributed by atoms with E-state index in [1.54, 1.807) is 0 Å². The first-order valence-electron chi connectivity index (χ1n) is 5.91. The third-order valence-electron chi connectivity index (χ3n) is 4.19. The van der Waals surface area contributed by atoms with Crippen LogP contribution in [0, 0.1) is 0 Å². The Balaban J connectivity index is 1.67. The van der Waals surface area contributed by atoms with Crippen molar-refractivity contribution in [3.8, 4) is 0 Å². The third-order valence-corrected chi connectivity index (χ3v) is 4.19. The molecule has 3 heterocycles. The summed E-state index contributed by atoms with van der Waals surface area (Å²) in [5.41, 5.74) is 0.560. The summed E-state index contributed by atoms with van der Waals surface area (Å²) in [7, 11) is 0. The van der Waals surface area contributed by atoms with Crippen molar-refractivity contribution in [2.75, 3.05) is 39.4 Å². The average Bonchev–Trinajstić information content (AvgIpc) is 2.42. The fraction of sp³-hybridized carbons (Fsp3) is 1.00. The molecular weight excluding hydrogens is 176 g/mol. The molecule has 0 N–H and O–H groups in total. The Bertz CT molecular complexity index is 221. The second kappa shape index (κ2) is 3.19. The van der Waals surface area contributed by atoms with Gasteiger partial charge in [-0.1, -0.05) is 6.92 Å². The summed E-state index contributed by atoms with van der Waals surface area (Å²) >= 11 is 0. The van der Waals surface area contributed by atoms with Gasteiger partial charge in [0.25, 0.3) is 0 Å². The molecule has 0 unspecified atom stereocenters. The smallest absolute Gasteiger partial charge is 0.0645 e. The average molecular weight is 196 g/mol. The van der Waals surface area contributed by atoms with Crippen LogP contribution in [0.1, 0.15) is 19.8 Å². The molecule has 3 heteroatoms. The highest BCUT2D eigenvalue weighted by atomic mass is 16.5. The molecule has 0 aromatic rings. The predicted molar refractivity (Wildman–Crippen MR) is 55.4 cm³/mol. The standard InChI is InChI=1S/C11H20N2O/c1-2-12-8-11(9-12)4-3-5-13(11)10-6-14-7-10/h10H,2-9H2,1H3. The van der Waals surface area contributed by atoms with Crippen LogP contribution in [0.15, 0.2) is 0 Å². The van der Waals surface area contributed by atoms with Crippen molar-refractivity contribution in [2.24, 2.45) is 0 Å². The number of hydrogen-bond donors (Lipinski definition) is 0. The lowest BCUT2D eigenvalue weighted by atomic mass is 9.86. The minimum absolute atomic E-state index is 0.560. The molecule has 0 amide bonds. The Morgan fingerprint density at radius 3 is 2.71 bits per heavy atom. The van der Waals surface area contributed by atoms with E-state index in [9.17, 15) is 0 Å². The Morgan fingerprint density at radius 2 is 2.14 bits per heavy atom. The van der Waals surface area contributed by atoms with Crippen molar-refractivity contribution in [1.82, 2.24) is 9.80 Å².